The summed E-state index contributed by atoms with van der Waals surface area (Å²) >= 11 is 0. The number of ether oxygens (including phenoxy) is 3. The van der Waals surface area contributed by atoms with E-state index in [1.807, 2.05) is 44.0 Å². The van der Waals surface area contributed by atoms with Crippen LogP contribution >= 0.6 is 8.19 Å². The van der Waals surface area contributed by atoms with Gasteiger partial charge in [-0.3, -0.25) is 0 Å². The Hall–Kier alpha value is -3.81. The minimum absolute atomic E-state index is 0.0942. The number of aromatic nitrogens is 3. The predicted molar refractivity (Wildman–Crippen MR) is 135 cm³/mol. The summed E-state index contributed by atoms with van der Waals surface area (Å²) < 4.78 is 17.5. The molecule has 3 atom stereocenters. The number of carbonyl (C=O) groups excluding carboxylic acids is 2. The molecule has 10 heteroatoms. The number of aromatic amines is 1. The lowest BCUT2D eigenvalue weighted by Gasteiger charge is -2.19. The lowest BCUT2D eigenvalue weighted by atomic mass is 10.1. The van der Waals surface area contributed by atoms with Crippen molar-refractivity contribution in [3.63, 3.8) is 0 Å². The second kappa shape index (κ2) is 10.0. The molecule has 0 bridgehead atoms. The van der Waals surface area contributed by atoms with E-state index in [2.05, 4.69) is 15.0 Å². The summed E-state index contributed by atoms with van der Waals surface area (Å²) in [7, 11) is 0.878. The number of nitrogens with zero attached hydrogens (tertiary/aromatic N) is 2. The Morgan fingerprint density at radius 3 is 2.33 bits per heavy atom. The summed E-state index contributed by atoms with van der Waals surface area (Å²) in [4.78, 5) is 37.5. The van der Waals surface area contributed by atoms with E-state index in [1.165, 1.54) is 0 Å². The number of nitrogen functional groups attached to an aromatic ring is 1. The third-order valence-corrected chi connectivity index (χ3v) is 6.86. The molecule has 1 fully saturated rings. The molecule has 3 heterocycles. The number of esters is 2. The monoisotopic (exact) mass is 504 g/mol. The Morgan fingerprint density at radius 1 is 1.03 bits per heavy atom. The molecule has 1 aliphatic rings. The molecule has 0 radical (unpaired) electrons. The largest absolute Gasteiger partial charge is 0.459 e. The van der Waals surface area contributed by atoms with Crippen LogP contribution in [-0.4, -0.2) is 45.7 Å². The molecule has 0 unspecified atom stereocenters. The number of H-pyrrole nitrogens is 1. The third kappa shape index (κ3) is 5.08. The zero-order valence-corrected chi connectivity index (χ0v) is 20.7. The van der Waals surface area contributed by atoms with Crippen LogP contribution in [0.3, 0.4) is 0 Å². The van der Waals surface area contributed by atoms with Gasteiger partial charge in [0, 0.05) is 12.3 Å². The molecule has 0 aliphatic carbocycles. The van der Waals surface area contributed by atoms with E-state index in [4.69, 9.17) is 19.9 Å². The molecule has 36 heavy (non-hydrogen) atoms. The second-order valence-corrected chi connectivity index (χ2v) is 9.68. The highest BCUT2D eigenvalue weighted by Gasteiger charge is 2.41. The summed E-state index contributed by atoms with van der Waals surface area (Å²) in [5.74, 6) is 1.59. The maximum Gasteiger partial charge on any atom is 0.338 e. The van der Waals surface area contributed by atoms with E-state index in [-0.39, 0.29) is 6.61 Å². The second-order valence-electron chi connectivity index (χ2n) is 8.74. The number of fused-ring (bicyclic) bond motifs is 1. The fraction of sp³-hybridized carbons (Fsp3) is 0.269. The molecule has 0 amide bonds. The van der Waals surface area contributed by atoms with E-state index in [9.17, 15) is 9.59 Å². The number of nitrogens with one attached hydrogen (secondary N) is 1. The average molecular weight is 504 g/mol. The van der Waals surface area contributed by atoms with E-state index in [0.29, 0.717) is 34.7 Å². The summed E-state index contributed by atoms with van der Waals surface area (Å²) in [5, 5.41) is 0.753. The van der Waals surface area contributed by atoms with Gasteiger partial charge in [0.15, 0.2) is 11.6 Å². The van der Waals surface area contributed by atoms with Gasteiger partial charge in [-0.05, 0) is 46.3 Å². The van der Waals surface area contributed by atoms with E-state index >= 15 is 0 Å². The van der Waals surface area contributed by atoms with Crippen molar-refractivity contribution in [2.75, 3.05) is 12.3 Å². The number of anilines is 1. The summed E-state index contributed by atoms with van der Waals surface area (Å²) in [6.07, 6.45) is -1.64. The number of nitrogens with two attached hydrogens (primary N) is 1. The third-order valence-electron chi connectivity index (χ3n) is 6.03. The van der Waals surface area contributed by atoms with Gasteiger partial charge in [-0.1, -0.05) is 35.4 Å². The number of rotatable bonds is 6. The van der Waals surface area contributed by atoms with Crippen molar-refractivity contribution < 1.29 is 23.8 Å². The maximum atomic E-state index is 12.8. The first kappa shape index (κ1) is 23.9. The van der Waals surface area contributed by atoms with Crippen molar-refractivity contribution in [2.24, 2.45) is 0 Å². The van der Waals surface area contributed by atoms with Gasteiger partial charge in [0.25, 0.3) is 0 Å². The molecule has 184 valence electrons. The quantitative estimate of drug-likeness (QED) is 0.363. The average Bonchev–Trinajstić information content (AvgIpc) is 3.51. The van der Waals surface area contributed by atoms with Crippen LogP contribution < -0.4 is 5.73 Å². The van der Waals surface area contributed by atoms with Crippen LogP contribution in [0.4, 0.5) is 5.82 Å². The van der Waals surface area contributed by atoms with Crippen molar-refractivity contribution in [2.45, 2.75) is 38.6 Å². The molecule has 0 spiro atoms. The highest BCUT2D eigenvalue weighted by molar-refractivity contribution is 7.35. The van der Waals surface area contributed by atoms with Crippen molar-refractivity contribution in [3.8, 4) is 0 Å². The van der Waals surface area contributed by atoms with Crippen molar-refractivity contribution in [1.29, 1.82) is 0 Å². The highest BCUT2D eigenvalue weighted by atomic mass is 31.0. The van der Waals surface area contributed by atoms with E-state index < -0.39 is 30.3 Å². The summed E-state index contributed by atoms with van der Waals surface area (Å²) in [6.45, 7) is 3.79. The summed E-state index contributed by atoms with van der Waals surface area (Å²) in [6, 6.07) is 14.2. The van der Waals surface area contributed by atoms with Gasteiger partial charge in [0.05, 0.1) is 11.1 Å². The first-order valence-corrected chi connectivity index (χ1v) is 12.5. The smallest absolute Gasteiger partial charge is 0.338 e. The normalized spacial score (nSPS) is 19.6. The Kier molecular flexibility index (Phi) is 6.67. The topological polar surface area (TPSA) is 129 Å². The predicted octanol–water partition coefficient (Wildman–Crippen LogP) is 4.65. The fourth-order valence-corrected chi connectivity index (χ4v) is 4.78. The first-order chi connectivity index (χ1) is 17.4. The van der Waals surface area contributed by atoms with Gasteiger partial charge in [0.1, 0.15) is 35.7 Å². The number of hydrogen-bond donors (Lipinski definition) is 2. The molecular weight excluding hydrogens is 479 g/mol. The molecule has 2 aromatic heterocycles. The number of hydrogen-bond acceptors (Lipinski definition) is 8. The lowest BCUT2D eigenvalue weighted by molar-refractivity contribution is -0.0439. The number of benzene rings is 2. The van der Waals surface area contributed by atoms with Crippen molar-refractivity contribution in [1.82, 2.24) is 15.0 Å². The standard InChI is InChI=1S/C26H25N4O5P/c1-14-3-7-16(8-4-14)25(31)33-12-20-18(35-26(32)17-9-5-15(2)6-10-17)11-19(34-20)23-29-22(27)21-24(30-23)36-13-28-21/h3-10,13,18-20,28H,11-12H2,1-2H3,(H2,27,29,30)/t18-,19-,20+/m0/s1. The summed E-state index contributed by atoms with van der Waals surface area (Å²) in [5.41, 5.74) is 9.72. The van der Waals surface area contributed by atoms with E-state index in [0.717, 1.165) is 24.6 Å². The van der Waals surface area contributed by atoms with Crippen LogP contribution in [0.5, 0.6) is 0 Å². The Balaban J connectivity index is 1.35. The van der Waals surface area contributed by atoms with Crippen LogP contribution in [0.25, 0.3) is 10.8 Å². The van der Waals surface area contributed by atoms with Gasteiger partial charge >= 0.3 is 11.9 Å². The molecule has 1 saturated heterocycles. The minimum Gasteiger partial charge on any atom is -0.459 e. The van der Waals surface area contributed by atoms with Crippen LogP contribution in [0.1, 0.15) is 50.2 Å². The lowest BCUT2D eigenvalue weighted by Crippen LogP contribution is -2.32. The molecule has 9 nitrogen and oxygen atoms in total. The highest BCUT2D eigenvalue weighted by Crippen LogP contribution is 2.36. The van der Waals surface area contributed by atoms with Gasteiger partial charge in [-0.25, -0.2) is 19.6 Å². The number of aryl methyl sites for hydroxylation is 2. The van der Waals surface area contributed by atoms with E-state index in [1.54, 1.807) is 24.3 Å². The maximum absolute atomic E-state index is 12.8. The number of carbonyl (C=O) groups is 2. The van der Waals surface area contributed by atoms with Crippen LogP contribution in [0, 0.1) is 13.8 Å². The Bertz CT molecular complexity index is 1400. The van der Waals surface area contributed by atoms with Crippen LogP contribution in [0.15, 0.2) is 54.5 Å². The molecular formula is C26H25N4O5P. The van der Waals surface area contributed by atoms with Crippen LogP contribution in [-0.2, 0) is 14.2 Å². The van der Waals surface area contributed by atoms with Crippen molar-refractivity contribution >= 4 is 36.7 Å². The first-order valence-electron chi connectivity index (χ1n) is 11.5. The van der Waals surface area contributed by atoms with Gasteiger partial charge in [-0.2, -0.15) is 0 Å². The molecule has 0 saturated carbocycles. The Morgan fingerprint density at radius 2 is 1.67 bits per heavy atom. The molecule has 5 rings (SSSR count). The molecule has 4 aromatic rings. The van der Waals surface area contributed by atoms with Gasteiger partial charge in [-0.15, -0.1) is 0 Å². The molecule has 2 aromatic carbocycles. The zero-order valence-electron chi connectivity index (χ0n) is 19.8. The van der Waals surface area contributed by atoms with Gasteiger partial charge < -0.3 is 24.9 Å². The van der Waals surface area contributed by atoms with Crippen molar-refractivity contribution in [3.05, 3.63) is 82.5 Å². The fourth-order valence-electron chi connectivity index (χ4n) is 4.00. The van der Waals surface area contributed by atoms with Crippen LogP contribution in [0.2, 0.25) is 0 Å². The molecule has 3 N–H and O–H groups in total. The van der Waals surface area contributed by atoms with Gasteiger partial charge in [0.2, 0.25) is 0 Å². The molecule has 1 aliphatic heterocycles. The zero-order chi connectivity index (χ0) is 25.2. The minimum atomic E-state index is -0.695. The SMILES string of the molecule is Cc1ccc(C(=O)OC[C@H]2O[C@H](c3nc(N)c4[nH]cpc4n3)C[C@@H]2OC(=O)c2ccc(C)cc2)cc1. The Labute approximate surface area is 209 Å².